The normalized spacial score (nSPS) is 15.3. The first-order valence-corrected chi connectivity index (χ1v) is 13.5. The van der Waals surface area contributed by atoms with Gasteiger partial charge < -0.3 is 19.7 Å². The zero-order chi connectivity index (χ0) is 26.1. The summed E-state index contributed by atoms with van der Waals surface area (Å²) in [6, 6.07) is 14.7. The Morgan fingerprint density at radius 2 is 1.67 bits per heavy atom. The summed E-state index contributed by atoms with van der Waals surface area (Å²) in [6.07, 6.45) is 0. The van der Waals surface area contributed by atoms with Crippen molar-refractivity contribution in [3.8, 4) is 5.75 Å². The molecule has 0 aliphatic carbocycles. The second-order valence-corrected chi connectivity index (χ2v) is 11.0. The van der Waals surface area contributed by atoms with Crippen LogP contribution in [0.15, 0.2) is 59.5 Å². The molecule has 2 aromatic rings. The molecule has 0 radical (unpaired) electrons. The molecule has 9 nitrogen and oxygen atoms in total. The molecule has 1 aliphatic heterocycles. The molecule has 10 heteroatoms. The van der Waals surface area contributed by atoms with Crippen molar-refractivity contribution in [3.63, 3.8) is 0 Å². The molecular weight excluding hydrogens is 482 g/mol. The molecule has 1 fully saturated rings. The van der Waals surface area contributed by atoms with Gasteiger partial charge in [0.15, 0.2) is 6.61 Å². The number of nitrogens with zero attached hydrogens (tertiary/aromatic N) is 2. The lowest BCUT2D eigenvalue weighted by Gasteiger charge is -2.29. The highest BCUT2D eigenvalue weighted by Gasteiger charge is 2.28. The van der Waals surface area contributed by atoms with Gasteiger partial charge in [-0.25, -0.2) is 8.42 Å². The maximum atomic E-state index is 13.1. The Morgan fingerprint density at radius 1 is 1.03 bits per heavy atom. The Hall–Kier alpha value is -2.95. The van der Waals surface area contributed by atoms with Crippen LogP contribution in [0.5, 0.6) is 5.75 Å². The van der Waals surface area contributed by atoms with Crippen LogP contribution < -0.4 is 10.1 Å². The Balaban J connectivity index is 1.66. The molecule has 1 atom stereocenters. The topological polar surface area (TPSA) is 105 Å². The van der Waals surface area contributed by atoms with Gasteiger partial charge in [-0.3, -0.25) is 9.59 Å². The van der Waals surface area contributed by atoms with Gasteiger partial charge in [0, 0.05) is 26.2 Å². The fourth-order valence-electron chi connectivity index (χ4n) is 3.69. The van der Waals surface area contributed by atoms with Crippen LogP contribution in [0.3, 0.4) is 0 Å². The number of morpholine rings is 1. The second kappa shape index (κ2) is 12.8. The lowest BCUT2D eigenvalue weighted by atomic mass is 10.1. The summed E-state index contributed by atoms with van der Waals surface area (Å²) < 4.78 is 37.9. The Bertz CT molecular complexity index is 1100. The number of nitrogens with one attached hydrogen (secondary N) is 1. The van der Waals surface area contributed by atoms with Crippen molar-refractivity contribution in [2.45, 2.75) is 38.3 Å². The van der Waals surface area contributed by atoms with Crippen molar-refractivity contribution >= 4 is 21.8 Å². The quantitative estimate of drug-likeness (QED) is 0.490. The van der Waals surface area contributed by atoms with Crippen molar-refractivity contribution < 1.29 is 27.5 Å². The van der Waals surface area contributed by atoms with Crippen molar-refractivity contribution in [1.82, 2.24) is 14.5 Å². The first-order valence-electron chi connectivity index (χ1n) is 12.1. The van der Waals surface area contributed by atoms with E-state index in [2.05, 4.69) is 5.32 Å². The van der Waals surface area contributed by atoms with Gasteiger partial charge in [0.1, 0.15) is 11.8 Å². The number of hydrogen-bond donors (Lipinski definition) is 1. The average Bonchev–Trinajstić information content (AvgIpc) is 2.90. The van der Waals surface area contributed by atoms with Crippen LogP contribution in [0.1, 0.15) is 26.3 Å². The van der Waals surface area contributed by atoms with Crippen LogP contribution in [0.2, 0.25) is 0 Å². The van der Waals surface area contributed by atoms with Crippen molar-refractivity contribution in [2.24, 2.45) is 5.92 Å². The first kappa shape index (κ1) is 27.6. The molecule has 1 N–H and O–H groups in total. The third kappa shape index (κ3) is 7.52. The van der Waals surface area contributed by atoms with Crippen molar-refractivity contribution in [1.29, 1.82) is 0 Å². The van der Waals surface area contributed by atoms with Crippen molar-refractivity contribution in [3.05, 3.63) is 60.2 Å². The number of carbonyl (C=O) groups is 2. The molecule has 0 aromatic heterocycles. The summed E-state index contributed by atoms with van der Waals surface area (Å²) >= 11 is 0. The summed E-state index contributed by atoms with van der Waals surface area (Å²) in [5, 5.41) is 2.88. The van der Waals surface area contributed by atoms with Crippen LogP contribution in [0.25, 0.3) is 0 Å². The smallest absolute Gasteiger partial charge is 0.261 e. The van der Waals surface area contributed by atoms with E-state index >= 15 is 0 Å². The van der Waals surface area contributed by atoms with Crippen molar-refractivity contribution in [2.75, 3.05) is 39.5 Å². The standard InChI is InChI=1S/C26H35N3O6S/c1-20(2)17-27-26(31)21(3)29(18-22-7-5-4-6-8-22)25(30)19-35-23-9-11-24(12-10-23)36(32,33)28-13-15-34-16-14-28/h4-12,20-21H,13-19H2,1-3H3,(H,27,31)/t21-/m0/s1. The molecule has 0 saturated carbocycles. The zero-order valence-electron chi connectivity index (χ0n) is 21.1. The number of ether oxygens (including phenoxy) is 2. The molecule has 2 aromatic carbocycles. The van der Waals surface area contributed by atoms with E-state index in [-0.39, 0.29) is 35.8 Å². The number of sulfonamides is 1. The molecule has 0 spiro atoms. The molecule has 196 valence electrons. The summed E-state index contributed by atoms with van der Waals surface area (Å²) in [5.74, 6) is 0.0698. The highest BCUT2D eigenvalue weighted by atomic mass is 32.2. The zero-order valence-corrected chi connectivity index (χ0v) is 21.9. The number of benzene rings is 2. The summed E-state index contributed by atoms with van der Waals surface area (Å²) in [6.45, 7) is 7.57. The Kier molecular flexibility index (Phi) is 9.86. The largest absolute Gasteiger partial charge is 0.484 e. The van der Waals surface area contributed by atoms with E-state index in [4.69, 9.17) is 9.47 Å². The predicted octanol–water partition coefficient (Wildman–Crippen LogP) is 2.28. The lowest BCUT2D eigenvalue weighted by molar-refractivity contribution is -0.142. The fraction of sp³-hybridized carbons (Fsp3) is 0.462. The monoisotopic (exact) mass is 517 g/mol. The summed E-state index contributed by atoms with van der Waals surface area (Å²) in [7, 11) is -3.61. The molecule has 1 heterocycles. The maximum absolute atomic E-state index is 13.1. The number of rotatable bonds is 11. The average molecular weight is 518 g/mol. The van der Waals surface area contributed by atoms with Crippen LogP contribution in [0, 0.1) is 5.92 Å². The van der Waals surface area contributed by atoms with Gasteiger partial charge in [-0.15, -0.1) is 0 Å². The molecule has 1 aliphatic rings. The van der Waals surface area contributed by atoms with Gasteiger partial charge in [-0.2, -0.15) is 4.31 Å². The minimum atomic E-state index is -3.61. The van der Waals surface area contributed by atoms with E-state index in [1.807, 2.05) is 44.2 Å². The van der Waals surface area contributed by atoms with Gasteiger partial charge in [0.05, 0.1) is 18.1 Å². The van der Waals surface area contributed by atoms with E-state index in [0.29, 0.717) is 38.6 Å². The third-order valence-corrected chi connectivity index (χ3v) is 7.75. The number of hydrogen-bond acceptors (Lipinski definition) is 6. The Labute approximate surface area is 213 Å². The molecule has 1 saturated heterocycles. The highest BCUT2D eigenvalue weighted by molar-refractivity contribution is 7.89. The predicted molar refractivity (Wildman–Crippen MR) is 136 cm³/mol. The van der Waals surface area contributed by atoms with Gasteiger partial charge in [-0.1, -0.05) is 44.2 Å². The fourth-order valence-corrected chi connectivity index (χ4v) is 5.09. The minimum Gasteiger partial charge on any atom is -0.484 e. The lowest BCUT2D eigenvalue weighted by Crippen LogP contribution is -2.49. The van der Waals surface area contributed by atoms with Crippen LogP contribution in [0.4, 0.5) is 0 Å². The molecule has 36 heavy (non-hydrogen) atoms. The van der Waals surface area contributed by atoms with E-state index in [1.54, 1.807) is 6.92 Å². The van der Waals surface area contributed by atoms with E-state index < -0.39 is 16.1 Å². The van der Waals surface area contributed by atoms with Gasteiger partial charge in [-0.05, 0) is 42.7 Å². The summed E-state index contributed by atoms with van der Waals surface area (Å²) in [5.41, 5.74) is 0.895. The van der Waals surface area contributed by atoms with Gasteiger partial charge in [0.25, 0.3) is 5.91 Å². The number of amides is 2. The second-order valence-electron chi connectivity index (χ2n) is 9.10. The molecule has 0 unspecified atom stereocenters. The summed E-state index contributed by atoms with van der Waals surface area (Å²) in [4.78, 5) is 27.5. The highest BCUT2D eigenvalue weighted by Crippen LogP contribution is 2.21. The molecule has 3 rings (SSSR count). The first-order chi connectivity index (χ1) is 17.2. The number of carbonyl (C=O) groups excluding carboxylic acids is 2. The maximum Gasteiger partial charge on any atom is 0.261 e. The van der Waals surface area contributed by atoms with E-state index in [9.17, 15) is 18.0 Å². The third-order valence-electron chi connectivity index (χ3n) is 5.84. The van der Waals surface area contributed by atoms with Crippen LogP contribution in [-0.4, -0.2) is 74.9 Å². The van der Waals surface area contributed by atoms with E-state index in [0.717, 1.165) is 5.56 Å². The van der Waals surface area contributed by atoms with E-state index in [1.165, 1.54) is 33.5 Å². The Morgan fingerprint density at radius 3 is 2.28 bits per heavy atom. The molecule has 2 amide bonds. The van der Waals surface area contributed by atoms with Crippen LogP contribution in [-0.2, 0) is 30.9 Å². The molecule has 0 bridgehead atoms. The van der Waals surface area contributed by atoms with Gasteiger partial charge in [0.2, 0.25) is 15.9 Å². The van der Waals surface area contributed by atoms with Crippen LogP contribution >= 0.6 is 0 Å². The molecular formula is C26H35N3O6S. The minimum absolute atomic E-state index is 0.157. The van der Waals surface area contributed by atoms with Gasteiger partial charge >= 0.3 is 0 Å². The SMILES string of the molecule is CC(C)CNC(=O)[C@H](C)N(Cc1ccccc1)C(=O)COc1ccc(S(=O)(=O)N2CCOCC2)cc1.